The number of nitrogens with one attached hydrogen (secondary N) is 2. The summed E-state index contributed by atoms with van der Waals surface area (Å²) in [7, 11) is 0. The number of likely N-dealkylation sites (tertiary alicyclic amines) is 1. The lowest BCUT2D eigenvalue weighted by molar-refractivity contribution is 0.307. The van der Waals surface area contributed by atoms with Crippen LogP contribution in [0.1, 0.15) is 17.7 Å². The summed E-state index contributed by atoms with van der Waals surface area (Å²) in [5.74, 6) is 1.19. The Morgan fingerprint density at radius 1 is 1.00 bits per heavy atom. The lowest BCUT2D eigenvalue weighted by Gasteiger charge is -2.24. The van der Waals surface area contributed by atoms with E-state index in [-0.39, 0.29) is 49.6 Å². The average molecular weight is 497 g/mol. The molecule has 0 aliphatic carbocycles. The number of nitrogens with two attached hydrogens (primary N) is 1. The topological polar surface area (TPSA) is 66.2 Å². The third-order valence-electron chi connectivity index (χ3n) is 5.61. The van der Waals surface area contributed by atoms with Gasteiger partial charge in [-0.25, -0.2) is 4.98 Å². The second-order valence-corrected chi connectivity index (χ2v) is 7.66. The number of rotatable bonds is 6. The average Bonchev–Trinajstić information content (AvgIpc) is 3.26. The van der Waals surface area contributed by atoms with Gasteiger partial charge < -0.3 is 16.4 Å². The molecule has 2 saturated heterocycles. The zero-order valence-electron chi connectivity index (χ0n) is 16.9. The first-order valence-electron chi connectivity index (χ1n) is 9.71. The van der Waals surface area contributed by atoms with E-state index in [4.69, 9.17) is 5.73 Å². The summed E-state index contributed by atoms with van der Waals surface area (Å²) in [5, 5.41) is 7.46. The number of nitrogen functional groups attached to an aromatic ring is 1. The van der Waals surface area contributed by atoms with Gasteiger partial charge in [0, 0.05) is 44.0 Å². The number of hydrogen-bond donors (Lipinski definition) is 3. The highest BCUT2D eigenvalue weighted by molar-refractivity contribution is 5.86. The molecule has 0 radical (unpaired) electrons. The molecule has 0 spiro atoms. The number of halogens is 4. The van der Waals surface area contributed by atoms with Gasteiger partial charge >= 0.3 is 0 Å². The van der Waals surface area contributed by atoms with Crippen molar-refractivity contribution in [1.82, 2.24) is 20.5 Å². The maximum atomic E-state index is 5.83. The Morgan fingerprint density at radius 3 is 2.50 bits per heavy atom. The maximum absolute atomic E-state index is 5.83. The van der Waals surface area contributed by atoms with Crippen LogP contribution in [0.4, 0.5) is 5.82 Å². The van der Waals surface area contributed by atoms with Crippen molar-refractivity contribution in [2.24, 2.45) is 5.92 Å². The molecule has 2 aromatic rings. The van der Waals surface area contributed by atoms with E-state index >= 15 is 0 Å². The predicted molar refractivity (Wildman–Crippen MR) is 135 cm³/mol. The van der Waals surface area contributed by atoms with Gasteiger partial charge in [0.1, 0.15) is 5.82 Å². The molecule has 4 N–H and O–H groups in total. The molecule has 2 fully saturated rings. The molecule has 0 amide bonds. The van der Waals surface area contributed by atoms with E-state index in [0.717, 1.165) is 38.3 Å². The number of anilines is 1. The van der Waals surface area contributed by atoms with Crippen molar-refractivity contribution in [1.29, 1.82) is 0 Å². The van der Waals surface area contributed by atoms with Crippen molar-refractivity contribution in [2.45, 2.75) is 31.5 Å². The van der Waals surface area contributed by atoms with E-state index in [9.17, 15) is 0 Å². The van der Waals surface area contributed by atoms with Crippen LogP contribution in [0.15, 0.2) is 48.5 Å². The zero-order chi connectivity index (χ0) is 17.8. The van der Waals surface area contributed by atoms with Crippen LogP contribution in [0.25, 0.3) is 0 Å². The summed E-state index contributed by atoms with van der Waals surface area (Å²) >= 11 is 0. The molecule has 1 aromatic heterocycles. The van der Waals surface area contributed by atoms with E-state index in [1.54, 1.807) is 0 Å². The minimum absolute atomic E-state index is 0. The summed E-state index contributed by atoms with van der Waals surface area (Å²) in [5.41, 5.74) is 8.33. The Balaban J connectivity index is 0.00000210. The molecule has 30 heavy (non-hydrogen) atoms. The van der Waals surface area contributed by atoms with Gasteiger partial charge in [-0.05, 0) is 43.0 Å². The third kappa shape index (κ3) is 8.04. The molecule has 170 valence electrons. The van der Waals surface area contributed by atoms with Crippen molar-refractivity contribution in [3.63, 3.8) is 0 Å². The fraction of sp³-hybridized carbons (Fsp3) is 0.476. The summed E-state index contributed by atoms with van der Waals surface area (Å²) in [6, 6.07) is 17.8. The summed E-state index contributed by atoms with van der Waals surface area (Å²) in [6.07, 6.45) is 2.21. The maximum Gasteiger partial charge on any atom is 0.123 e. The highest BCUT2D eigenvalue weighted by atomic mass is 35.5. The highest BCUT2D eigenvalue weighted by Gasteiger charge is 2.31. The van der Waals surface area contributed by atoms with Gasteiger partial charge in [0.15, 0.2) is 0 Å². The fourth-order valence-electron chi connectivity index (χ4n) is 4.28. The van der Waals surface area contributed by atoms with E-state index in [1.807, 2.05) is 12.1 Å². The number of pyridine rings is 1. The predicted octanol–water partition coefficient (Wildman–Crippen LogP) is 3.35. The summed E-state index contributed by atoms with van der Waals surface area (Å²) < 4.78 is 0. The van der Waals surface area contributed by atoms with Crippen LogP contribution < -0.4 is 16.4 Å². The van der Waals surface area contributed by atoms with Crippen molar-refractivity contribution in [3.05, 3.63) is 59.8 Å². The molecule has 0 bridgehead atoms. The molecule has 2 aliphatic rings. The van der Waals surface area contributed by atoms with E-state index in [2.05, 4.69) is 56.9 Å². The Bertz CT molecular complexity index is 722. The van der Waals surface area contributed by atoms with Gasteiger partial charge in [-0.15, -0.1) is 49.6 Å². The molecule has 9 heteroatoms. The van der Waals surface area contributed by atoms with E-state index in [0.29, 0.717) is 23.8 Å². The monoisotopic (exact) mass is 495 g/mol. The van der Waals surface area contributed by atoms with Crippen LogP contribution in [0.2, 0.25) is 0 Å². The lowest BCUT2D eigenvalue weighted by Crippen LogP contribution is -2.44. The SMILES string of the molecule is Cl.Cl.Cl.Cl.Nc1cccc(CC2CNCC2N[C@@H]2CCN(Cc3ccccc3)C2)n1. The first-order valence-corrected chi connectivity index (χ1v) is 9.71. The van der Waals surface area contributed by atoms with Crippen LogP contribution in [0.5, 0.6) is 0 Å². The van der Waals surface area contributed by atoms with Crippen LogP contribution in [0, 0.1) is 5.92 Å². The Kier molecular flexibility index (Phi) is 13.9. The van der Waals surface area contributed by atoms with E-state index in [1.165, 1.54) is 18.5 Å². The number of hydrogen-bond acceptors (Lipinski definition) is 5. The number of nitrogens with zero attached hydrogens (tertiary/aromatic N) is 2. The van der Waals surface area contributed by atoms with Crippen LogP contribution in [-0.4, -0.2) is 48.1 Å². The number of benzene rings is 1. The largest absolute Gasteiger partial charge is 0.384 e. The second kappa shape index (κ2) is 14.3. The van der Waals surface area contributed by atoms with Crippen LogP contribution >= 0.6 is 49.6 Å². The first-order chi connectivity index (χ1) is 12.8. The van der Waals surface area contributed by atoms with Crippen molar-refractivity contribution in [2.75, 3.05) is 31.9 Å². The zero-order valence-corrected chi connectivity index (χ0v) is 20.2. The van der Waals surface area contributed by atoms with E-state index < -0.39 is 0 Å². The molecule has 2 aliphatic heterocycles. The smallest absolute Gasteiger partial charge is 0.123 e. The molecule has 3 heterocycles. The minimum atomic E-state index is 0. The van der Waals surface area contributed by atoms with Gasteiger partial charge in [-0.3, -0.25) is 4.90 Å². The fourth-order valence-corrected chi connectivity index (χ4v) is 4.28. The molecule has 3 atom stereocenters. The minimum Gasteiger partial charge on any atom is -0.384 e. The normalized spacial score (nSPS) is 22.9. The molecular formula is C21H33Cl4N5. The molecular weight excluding hydrogens is 464 g/mol. The van der Waals surface area contributed by atoms with Gasteiger partial charge in [0.05, 0.1) is 0 Å². The van der Waals surface area contributed by atoms with Crippen molar-refractivity contribution < 1.29 is 0 Å². The Labute approximate surface area is 204 Å². The first kappa shape index (κ1) is 29.2. The standard InChI is InChI=1S/C21H29N5.4ClH/c22-21-8-4-7-18(25-21)11-17-12-23-13-20(17)24-19-9-10-26(15-19)14-16-5-2-1-3-6-16;;;;/h1-8,17,19-20,23-24H,9-15H2,(H2,22,25);4*1H/t17?,19-,20?;;;;/m1..../s1. The van der Waals surface area contributed by atoms with Crippen molar-refractivity contribution >= 4 is 55.4 Å². The highest BCUT2D eigenvalue weighted by Crippen LogP contribution is 2.19. The van der Waals surface area contributed by atoms with Gasteiger partial charge in [0.25, 0.3) is 0 Å². The van der Waals surface area contributed by atoms with Gasteiger partial charge in [-0.1, -0.05) is 36.4 Å². The molecule has 4 rings (SSSR count). The van der Waals surface area contributed by atoms with Crippen LogP contribution in [0.3, 0.4) is 0 Å². The third-order valence-corrected chi connectivity index (χ3v) is 5.61. The summed E-state index contributed by atoms with van der Waals surface area (Å²) in [4.78, 5) is 7.04. The molecule has 1 aromatic carbocycles. The van der Waals surface area contributed by atoms with Crippen molar-refractivity contribution in [3.8, 4) is 0 Å². The molecule has 0 saturated carbocycles. The van der Waals surface area contributed by atoms with Gasteiger partial charge in [0.2, 0.25) is 0 Å². The van der Waals surface area contributed by atoms with Gasteiger partial charge in [-0.2, -0.15) is 0 Å². The molecule has 5 nitrogen and oxygen atoms in total. The quantitative estimate of drug-likeness (QED) is 0.572. The summed E-state index contributed by atoms with van der Waals surface area (Å²) in [6.45, 7) is 5.46. The Hall–Kier alpha value is -0.790. The lowest BCUT2D eigenvalue weighted by atomic mass is 9.96. The molecule has 2 unspecified atom stereocenters. The van der Waals surface area contributed by atoms with Crippen LogP contribution in [-0.2, 0) is 13.0 Å². The second-order valence-electron chi connectivity index (χ2n) is 7.66. The Morgan fingerprint density at radius 2 is 1.77 bits per heavy atom. The number of aromatic nitrogens is 1.